The molecule has 1 aromatic carbocycles. The van der Waals surface area contributed by atoms with Gasteiger partial charge < -0.3 is 19.5 Å². The van der Waals surface area contributed by atoms with Crippen molar-refractivity contribution in [1.82, 2.24) is 9.80 Å². The molecule has 1 N–H and O–H groups in total. The van der Waals surface area contributed by atoms with Gasteiger partial charge in [0.15, 0.2) is 0 Å². The highest BCUT2D eigenvalue weighted by atomic mass is 16.5. The van der Waals surface area contributed by atoms with Gasteiger partial charge in [-0.15, -0.1) is 0 Å². The summed E-state index contributed by atoms with van der Waals surface area (Å²) in [5.41, 5.74) is 1.57. The van der Waals surface area contributed by atoms with Gasteiger partial charge in [-0.05, 0) is 30.7 Å². The number of β-amino-alcohol motifs (C(OH)–C–C–N with tert-alkyl or cyclic N) is 1. The number of morpholine rings is 1. The fraction of sp³-hybridized carbons (Fsp3) is 0.588. The molecule has 1 amide bonds. The van der Waals surface area contributed by atoms with Crippen LogP contribution in [-0.4, -0.2) is 79.5 Å². The molecule has 1 aromatic rings. The first-order valence-electron chi connectivity index (χ1n) is 8.04. The summed E-state index contributed by atoms with van der Waals surface area (Å²) in [6.45, 7) is 5.86. The standard InChI is InChI=1S/C17H24N2O4/c1-12-9-13(3-4-16(12)22-2)17(21)19-10-14(15(20)11-19)18-5-7-23-8-6-18/h3-4,9,14-15,20H,5-8,10-11H2,1-2H3/t14-,15-/m0/s1. The van der Waals surface area contributed by atoms with Crippen LogP contribution in [0.25, 0.3) is 0 Å². The van der Waals surface area contributed by atoms with Crippen LogP contribution in [0.3, 0.4) is 0 Å². The van der Waals surface area contributed by atoms with E-state index in [9.17, 15) is 9.90 Å². The molecule has 2 aliphatic rings. The van der Waals surface area contributed by atoms with Gasteiger partial charge >= 0.3 is 0 Å². The van der Waals surface area contributed by atoms with Crippen molar-refractivity contribution in [2.45, 2.75) is 19.1 Å². The highest BCUT2D eigenvalue weighted by molar-refractivity contribution is 5.95. The monoisotopic (exact) mass is 320 g/mol. The van der Waals surface area contributed by atoms with Crippen LogP contribution < -0.4 is 4.74 Å². The highest BCUT2D eigenvalue weighted by Crippen LogP contribution is 2.23. The molecule has 2 saturated heterocycles. The smallest absolute Gasteiger partial charge is 0.254 e. The largest absolute Gasteiger partial charge is 0.496 e. The highest BCUT2D eigenvalue weighted by Gasteiger charge is 2.38. The molecule has 23 heavy (non-hydrogen) atoms. The van der Waals surface area contributed by atoms with E-state index in [2.05, 4.69) is 4.90 Å². The first kappa shape index (κ1) is 16.2. The molecule has 6 nitrogen and oxygen atoms in total. The molecule has 6 heteroatoms. The van der Waals surface area contributed by atoms with Crippen LogP contribution in [0.1, 0.15) is 15.9 Å². The maximum absolute atomic E-state index is 12.7. The van der Waals surface area contributed by atoms with Crippen LogP contribution in [0.15, 0.2) is 18.2 Å². The van der Waals surface area contributed by atoms with Crippen molar-refractivity contribution in [3.63, 3.8) is 0 Å². The van der Waals surface area contributed by atoms with E-state index in [1.54, 1.807) is 18.1 Å². The number of aliphatic hydroxyl groups is 1. The van der Waals surface area contributed by atoms with E-state index in [0.29, 0.717) is 31.9 Å². The molecule has 0 aliphatic carbocycles. The van der Waals surface area contributed by atoms with E-state index in [-0.39, 0.29) is 11.9 Å². The number of methoxy groups -OCH3 is 1. The molecule has 126 valence electrons. The van der Waals surface area contributed by atoms with Gasteiger partial charge in [-0.3, -0.25) is 9.69 Å². The van der Waals surface area contributed by atoms with E-state index < -0.39 is 6.10 Å². The predicted octanol–water partition coefficient (Wildman–Crippen LogP) is 0.521. The fourth-order valence-electron chi connectivity index (χ4n) is 3.40. The van der Waals surface area contributed by atoms with Gasteiger partial charge in [0.25, 0.3) is 5.91 Å². The molecule has 0 bridgehead atoms. The van der Waals surface area contributed by atoms with Crippen molar-refractivity contribution < 1.29 is 19.4 Å². The Kier molecular flexibility index (Phi) is 4.84. The fourth-order valence-corrected chi connectivity index (χ4v) is 3.40. The molecular weight excluding hydrogens is 296 g/mol. The van der Waals surface area contributed by atoms with Crippen molar-refractivity contribution in [3.05, 3.63) is 29.3 Å². The van der Waals surface area contributed by atoms with E-state index in [4.69, 9.17) is 9.47 Å². The molecule has 3 rings (SSSR count). The van der Waals surface area contributed by atoms with Gasteiger partial charge in [0.05, 0.1) is 32.5 Å². The molecule has 0 aromatic heterocycles. The second kappa shape index (κ2) is 6.86. The first-order valence-corrected chi connectivity index (χ1v) is 8.04. The van der Waals surface area contributed by atoms with Crippen molar-refractivity contribution in [2.24, 2.45) is 0 Å². The van der Waals surface area contributed by atoms with E-state index in [1.807, 2.05) is 19.1 Å². The zero-order chi connectivity index (χ0) is 16.4. The summed E-state index contributed by atoms with van der Waals surface area (Å²) in [6, 6.07) is 5.44. The van der Waals surface area contributed by atoms with Gasteiger partial charge in [-0.1, -0.05) is 0 Å². The number of aryl methyl sites for hydroxylation is 1. The summed E-state index contributed by atoms with van der Waals surface area (Å²) in [5.74, 6) is 0.736. The van der Waals surface area contributed by atoms with Gasteiger partial charge in [0.2, 0.25) is 0 Å². The number of amides is 1. The maximum Gasteiger partial charge on any atom is 0.254 e. The van der Waals surface area contributed by atoms with Gasteiger partial charge in [0, 0.05) is 31.7 Å². The number of hydrogen-bond donors (Lipinski definition) is 1. The van der Waals surface area contributed by atoms with Crippen molar-refractivity contribution in [2.75, 3.05) is 46.5 Å². The van der Waals surface area contributed by atoms with Crippen LogP contribution >= 0.6 is 0 Å². The van der Waals surface area contributed by atoms with E-state index in [0.717, 1.165) is 24.4 Å². The summed E-state index contributed by atoms with van der Waals surface area (Å²) in [7, 11) is 1.62. The molecule has 2 heterocycles. The summed E-state index contributed by atoms with van der Waals surface area (Å²) in [6.07, 6.45) is -0.503. The number of aliphatic hydroxyl groups excluding tert-OH is 1. The van der Waals surface area contributed by atoms with E-state index >= 15 is 0 Å². The van der Waals surface area contributed by atoms with E-state index in [1.165, 1.54) is 0 Å². The lowest BCUT2D eigenvalue weighted by Crippen LogP contribution is -2.49. The lowest BCUT2D eigenvalue weighted by molar-refractivity contribution is -0.00611. The maximum atomic E-state index is 12.7. The normalized spacial score (nSPS) is 25.6. The molecule has 2 atom stereocenters. The summed E-state index contributed by atoms with van der Waals surface area (Å²) < 4.78 is 10.6. The minimum absolute atomic E-state index is 0.00203. The Balaban J connectivity index is 1.69. The Labute approximate surface area is 136 Å². The average Bonchev–Trinajstić information content (AvgIpc) is 2.96. The van der Waals surface area contributed by atoms with Gasteiger partial charge in [0.1, 0.15) is 5.75 Å². The number of carbonyl (C=O) groups is 1. The SMILES string of the molecule is COc1ccc(C(=O)N2C[C@H](O)[C@@H](N3CCOCC3)C2)cc1C. The van der Waals surface area contributed by atoms with Crippen molar-refractivity contribution >= 4 is 5.91 Å². The lowest BCUT2D eigenvalue weighted by atomic mass is 10.1. The Bertz CT molecular complexity index is 572. The third-order valence-electron chi connectivity index (χ3n) is 4.70. The summed E-state index contributed by atoms with van der Waals surface area (Å²) >= 11 is 0. The van der Waals surface area contributed by atoms with Crippen LogP contribution in [-0.2, 0) is 4.74 Å². The molecule has 0 saturated carbocycles. The Morgan fingerprint density at radius 3 is 2.70 bits per heavy atom. The van der Waals surface area contributed by atoms with Crippen LogP contribution in [0, 0.1) is 6.92 Å². The average molecular weight is 320 g/mol. The number of nitrogens with zero attached hydrogens (tertiary/aromatic N) is 2. The van der Waals surface area contributed by atoms with Gasteiger partial charge in [-0.2, -0.15) is 0 Å². The quantitative estimate of drug-likeness (QED) is 0.880. The second-order valence-electron chi connectivity index (χ2n) is 6.18. The van der Waals surface area contributed by atoms with Crippen LogP contribution in [0.5, 0.6) is 5.75 Å². The Hall–Kier alpha value is -1.63. The zero-order valence-electron chi connectivity index (χ0n) is 13.7. The molecule has 0 unspecified atom stereocenters. The number of rotatable bonds is 3. The van der Waals surface area contributed by atoms with Crippen LogP contribution in [0.2, 0.25) is 0 Å². The van der Waals surface area contributed by atoms with Crippen LogP contribution in [0.4, 0.5) is 0 Å². The Morgan fingerprint density at radius 2 is 2.04 bits per heavy atom. The number of benzene rings is 1. The molecule has 2 fully saturated rings. The second-order valence-corrected chi connectivity index (χ2v) is 6.18. The minimum atomic E-state index is -0.503. The topological polar surface area (TPSA) is 62.2 Å². The number of carbonyl (C=O) groups excluding carboxylic acids is 1. The third kappa shape index (κ3) is 3.34. The lowest BCUT2D eigenvalue weighted by Gasteiger charge is -2.33. The number of likely N-dealkylation sites (tertiary alicyclic amines) is 1. The zero-order valence-corrected chi connectivity index (χ0v) is 13.7. The van der Waals surface area contributed by atoms with Crippen molar-refractivity contribution in [1.29, 1.82) is 0 Å². The predicted molar refractivity (Wildman–Crippen MR) is 85.8 cm³/mol. The van der Waals surface area contributed by atoms with Crippen molar-refractivity contribution in [3.8, 4) is 5.75 Å². The summed E-state index contributed by atoms with van der Waals surface area (Å²) in [4.78, 5) is 16.7. The van der Waals surface area contributed by atoms with Gasteiger partial charge in [-0.25, -0.2) is 0 Å². The summed E-state index contributed by atoms with van der Waals surface area (Å²) in [5, 5.41) is 10.3. The third-order valence-corrected chi connectivity index (χ3v) is 4.70. The Morgan fingerprint density at radius 1 is 1.30 bits per heavy atom. The molecular formula is C17H24N2O4. The molecule has 0 spiro atoms. The molecule has 2 aliphatic heterocycles. The molecule has 0 radical (unpaired) electrons. The minimum Gasteiger partial charge on any atom is -0.496 e. The first-order chi connectivity index (χ1) is 11.1. The number of hydrogen-bond acceptors (Lipinski definition) is 5. The number of ether oxygens (including phenoxy) is 2.